The summed E-state index contributed by atoms with van der Waals surface area (Å²) in [5, 5.41) is 0. The summed E-state index contributed by atoms with van der Waals surface area (Å²) in [6, 6.07) is 10.0. The van der Waals surface area contributed by atoms with Crippen LogP contribution in [-0.2, 0) is 0 Å². The minimum atomic E-state index is 0.639. The van der Waals surface area contributed by atoms with E-state index in [1.54, 1.807) is 0 Å². The van der Waals surface area contributed by atoms with Gasteiger partial charge in [0.2, 0.25) is 5.89 Å². The van der Waals surface area contributed by atoms with E-state index in [2.05, 4.69) is 4.98 Å². The molecule has 1 aromatic carbocycles. The van der Waals surface area contributed by atoms with Crippen LogP contribution < -0.4 is 0 Å². The summed E-state index contributed by atoms with van der Waals surface area (Å²) >= 11 is 0. The van der Waals surface area contributed by atoms with Crippen LogP contribution in [0.4, 0.5) is 0 Å². The first-order valence-electron chi connectivity index (χ1n) is 4.94. The quantitative estimate of drug-likeness (QED) is 0.718. The molecule has 2 heteroatoms. The van der Waals surface area contributed by atoms with Gasteiger partial charge in [0.05, 0.1) is 6.20 Å². The van der Waals surface area contributed by atoms with E-state index in [4.69, 9.17) is 4.42 Å². The molecule has 1 saturated carbocycles. The summed E-state index contributed by atoms with van der Waals surface area (Å²) in [6.45, 7) is 0. The molecule has 14 heavy (non-hydrogen) atoms. The summed E-state index contributed by atoms with van der Waals surface area (Å²) in [5.41, 5.74) is 1.06. The third-order valence-corrected chi connectivity index (χ3v) is 2.52. The van der Waals surface area contributed by atoms with Crippen LogP contribution in [0.1, 0.15) is 24.5 Å². The van der Waals surface area contributed by atoms with Gasteiger partial charge in [0.15, 0.2) is 0 Å². The minimum absolute atomic E-state index is 0.639. The lowest BCUT2D eigenvalue weighted by molar-refractivity contribution is 0.520. The number of oxazole rings is 1. The van der Waals surface area contributed by atoms with E-state index in [0.29, 0.717) is 5.92 Å². The van der Waals surface area contributed by atoms with Crippen molar-refractivity contribution in [2.24, 2.45) is 0 Å². The Labute approximate surface area is 82.6 Å². The van der Waals surface area contributed by atoms with Gasteiger partial charge in [-0.1, -0.05) is 18.2 Å². The maximum absolute atomic E-state index is 5.68. The number of benzene rings is 1. The number of nitrogens with zero attached hydrogens (tertiary/aromatic N) is 1. The van der Waals surface area contributed by atoms with Gasteiger partial charge in [0, 0.05) is 11.5 Å². The third kappa shape index (κ3) is 1.33. The van der Waals surface area contributed by atoms with Crippen molar-refractivity contribution in [1.29, 1.82) is 0 Å². The molecule has 1 fully saturated rings. The van der Waals surface area contributed by atoms with Gasteiger partial charge in [-0.05, 0) is 25.0 Å². The Morgan fingerprint density at radius 3 is 2.64 bits per heavy atom. The van der Waals surface area contributed by atoms with Crippen molar-refractivity contribution >= 4 is 0 Å². The third-order valence-electron chi connectivity index (χ3n) is 2.52. The molecule has 0 amide bonds. The lowest BCUT2D eigenvalue weighted by Crippen LogP contribution is -1.74. The molecular formula is C12H11NO. The van der Waals surface area contributed by atoms with Gasteiger partial charge in [-0.15, -0.1) is 0 Å². The molecule has 0 atom stereocenters. The highest BCUT2D eigenvalue weighted by Gasteiger charge is 2.27. The zero-order chi connectivity index (χ0) is 9.38. The first kappa shape index (κ1) is 7.80. The van der Waals surface area contributed by atoms with E-state index >= 15 is 0 Å². The second kappa shape index (κ2) is 2.98. The SMILES string of the molecule is c1ccc(-c2ncc(C3CC3)o2)cc1. The summed E-state index contributed by atoms with van der Waals surface area (Å²) < 4.78 is 5.68. The Morgan fingerprint density at radius 1 is 1.14 bits per heavy atom. The summed E-state index contributed by atoms with van der Waals surface area (Å²) in [5.74, 6) is 2.43. The minimum Gasteiger partial charge on any atom is -0.441 e. The molecule has 0 N–H and O–H groups in total. The van der Waals surface area contributed by atoms with E-state index in [1.807, 2.05) is 36.5 Å². The van der Waals surface area contributed by atoms with Crippen LogP contribution in [0.2, 0.25) is 0 Å². The van der Waals surface area contributed by atoms with Gasteiger partial charge < -0.3 is 4.42 Å². The van der Waals surface area contributed by atoms with Gasteiger partial charge >= 0.3 is 0 Å². The molecule has 0 radical (unpaired) electrons. The molecule has 70 valence electrons. The molecule has 0 unspecified atom stereocenters. The van der Waals surface area contributed by atoms with Crippen LogP contribution in [0.3, 0.4) is 0 Å². The molecule has 0 aliphatic heterocycles. The van der Waals surface area contributed by atoms with Crippen LogP contribution in [0.15, 0.2) is 40.9 Å². The average molecular weight is 185 g/mol. The van der Waals surface area contributed by atoms with Gasteiger partial charge in [0.25, 0.3) is 0 Å². The number of aromatic nitrogens is 1. The van der Waals surface area contributed by atoms with Gasteiger partial charge in [-0.3, -0.25) is 0 Å². The molecule has 2 aromatic rings. The number of hydrogen-bond donors (Lipinski definition) is 0. The first-order chi connectivity index (χ1) is 6.93. The molecule has 3 rings (SSSR count). The summed E-state index contributed by atoms with van der Waals surface area (Å²) in [6.07, 6.45) is 4.37. The molecule has 1 aliphatic rings. The predicted octanol–water partition coefficient (Wildman–Crippen LogP) is 3.22. The highest BCUT2D eigenvalue weighted by atomic mass is 16.4. The predicted molar refractivity (Wildman–Crippen MR) is 53.9 cm³/mol. The van der Waals surface area contributed by atoms with Crippen molar-refractivity contribution in [3.63, 3.8) is 0 Å². The topological polar surface area (TPSA) is 26.0 Å². The van der Waals surface area contributed by atoms with Gasteiger partial charge in [0.1, 0.15) is 5.76 Å². The zero-order valence-electron chi connectivity index (χ0n) is 7.81. The van der Waals surface area contributed by atoms with Crippen molar-refractivity contribution in [2.45, 2.75) is 18.8 Å². The van der Waals surface area contributed by atoms with Crippen molar-refractivity contribution < 1.29 is 4.42 Å². The smallest absolute Gasteiger partial charge is 0.226 e. The van der Waals surface area contributed by atoms with Crippen molar-refractivity contribution in [2.75, 3.05) is 0 Å². The van der Waals surface area contributed by atoms with Crippen LogP contribution >= 0.6 is 0 Å². The molecule has 1 aromatic heterocycles. The van der Waals surface area contributed by atoms with E-state index in [0.717, 1.165) is 17.2 Å². The Kier molecular flexibility index (Phi) is 1.66. The van der Waals surface area contributed by atoms with Crippen LogP contribution in [0, 0.1) is 0 Å². The van der Waals surface area contributed by atoms with Crippen LogP contribution in [-0.4, -0.2) is 4.98 Å². The Bertz CT molecular complexity index is 429. The summed E-state index contributed by atoms with van der Waals surface area (Å²) in [7, 11) is 0. The lowest BCUT2D eigenvalue weighted by atomic mass is 10.2. The molecule has 1 heterocycles. The maximum atomic E-state index is 5.68. The van der Waals surface area contributed by atoms with Gasteiger partial charge in [-0.2, -0.15) is 0 Å². The highest BCUT2D eigenvalue weighted by molar-refractivity contribution is 5.52. The Morgan fingerprint density at radius 2 is 1.93 bits per heavy atom. The van der Waals surface area contributed by atoms with E-state index in [1.165, 1.54) is 12.8 Å². The number of rotatable bonds is 2. The fourth-order valence-corrected chi connectivity index (χ4v) is 1.56. The Balaban J connectivity index is 1.96. The summed E-state index contributed by atoms with van der Waals surface area (Å²) in [4.78, 5) is 4.28. The van der Waals surface area contributed by atoms with E-state index in [9.17, 15) is 0 Å². The average Bonchev–Trinajstić information content (AvgIpc) is 2.98. The van der Waals surface area contributed by atoms with Gasteiger partial charge in [-0.25, -0.2) is 4.98 Å². The molecule has 2 nitrogen and oxygen atoms in total. The second-order valence-corrected chi connectivity index (χ2v) is 3.71. The van der Waals surface area contributed by atoms with Crippen molar-refractivity contribution in [1.82, 2.24) is 4.98 Å². The maximum Gasteiger partial charge on any atom is 0.226 e. The fourth-order valence-electron chi connectivity index (χ4n) is 1.56. The normalized spacial score (nSPS) is 15.7. The lowest BCUT2D eigenvalue weighted by Gasteiger charge is -1.93. The fraction of sp³-hybridized carbons (Fsp3) is 0.250. The first-order valence-corrected chi connectivity index (χ1v) is 4.94. The number of hydrogen-bond acceptors (Lipinski definition) is 2. The van der Waals surface area contributed by atoms with E-state index in [-0.39, 0.29) is 0 Å². The molecular weight excluding hydrogens is 174 g/mol. The highest BCUT2D eigenvalue weighted by Crippen LogP contribution is 2.41. The van der Waals surface area contributed by atoms with Crippen LogP contribution in [0.5, 0.6) is 0 Å². The standard InChI is InChI=1S/C12H11NO/c1-2-4-10(5-3-1)12-13-8-11(14-12)9-6-7-9/h1-5,8-9H,6-7H2. The molecule has 1 aliphatic carbocycles. The Hall–Kier alpha value is -1.57. The molecule has 0 saturated heterocycles. The van der Waals surface area contributed by atoms with E-state index < -0.39 is 0 Å². The van der Waals surface area contributed by atoms with Crippen molar-refractivity contribution in [3.05, 3.63) is 42.3 Å². The largest absolute Gasteiger partial charge is 0.441 e. The monoisotopic (exact) mass is 185 g/mol. The molecule has 0 spiro atoms. The van der Waals surface area contributed by atoms with Crippen molar-refractivity contribution in [3.8, 4) is 11.5 Å². The second-order valence-electron chi connectivity index (χ2n) is 3.71. The zero-order valence-corrected chi connectivity index (χ0v) is 7.81. The molecule has 0 bridgehead atoms. The van der Waals surface area contributed by atoms with Crippen LogP contribution in [0.25, 0.3) is 11.5 Å².